The van der Waals surface area contributed by atoms with Gasteiger partial charge in [-0.2, -0.15) is 13.2 Å². The highest BCUT2D eigenvalue weighted by molar-refractivity contribution is 6.05. The van der Waals surface area contributed by atoms with Crippen molar-refractivity contribution in [1.29, 1.82) is 0 Å². The van der Waals surface area contributed by atoms with Crippen LogP contribution in [0, 0.1) is 5.92 Å². The minimum absolute atomic E-state index is 0.000763. The molecule has 0 radical (unpaired) electrons. The Labute approximate surface area is 164 Å². The first-order valence-electron chi connectivity index (χ1n) is 9.01. The highest BCUT2D eigenvalue weighted by Crippen LogP contribution is 2.31. The van der Waals surface area contributed by atoms with Crippen LogP contribution in [0.1, 0.15) is 49.5 Å². The van der Waals surface area contributed by atoms with Gasteiger partial charge in [-0.1, -0.05) is 24.3 Å². The number of alkyl halides is 3. The Balaban J connectivity index is 1.69. The molecule has 0 spiro atoms. The summed E-state index contributed by atoms with van der Waals surface area (Å²) in [5, 5.41) is 9.24. The van der Waals surface area contributed by atoms with Crippen LogP contribution in [0.2, 0.25) is 0 Å². The third-order valence-corrected chi connectivity index (χ3v) is 5.02. The molecule has 2 aromatic carbocycles. The Kier molecular flexibility index (Phi) is 5.72. The third kappa shape index (κ3) is 4.47. The average molecular weight is 405 g/mol. The third-order valence-electron chi connectivity index (χ3n) is 5.02. The van der Waals surface area contributed by atoms with Gasteiger partial charge in [0.05, 0.1) is 16.7 Å². The maximum Gasteiger partial charge on any atom is 0.416 e. The monoisotopic (exact) mass is 405 g/mol. The molecule has 29 heavy (non-hydrogen) atoms. The molecule has 0 aromatic heterocycles. The second-order valence-electron chi connectivity index (χ2n) is 6.86. The van der Waals surface area contributed by atoms with E-state index in [0.29, 0.717) is 12.8 Å². The van der Waals surface area contributed by atoms with E-state index in [1.54, 1.807) is 6.07 Å². The van der Waals surface area contributed by atoms with E-state index in [4.69, 9.17) is 0 Å². The van der Waals surface area contributed by atoms with Crippen LogP contribution in [0.25, 0.3) is 0 Å². The molecule has 2 aromatic rings. The first kappa shape index (κ1) is 20.6. The number of carboxylic acid groups (broad SMARTS) is 1. The van der Waals surface area contributed by atoms with Crippen molar-refractivity contribution >= 4 is 17.7 Å². The van der Waals surface area contributed by atoms with Crippen LogP contribution in [0.5, 0.6) is 0 Å². The molecule has 5 nitrogen and oxygen atoms in total. The van der Waals surface area contributed by atoms with Crippen LogP contribution >= 0.6 is 0 Å². The molecule has 0 aliphatic carbocycles. The zero-order chi connectivity index (χ0) is 21.2. The summed E-state index contributed by atoms with van der Waals surface area (Å²) in [5.74, 6) is -2.51. The van der Waals surface area contributed by atoms with Crippen LogP contribution in [-0.2, 0) is 6.18 Å². The summed E-state index contributed by atoms with van der Waals surface area (Å²) < 4.78 is 38.6. The number of likely N-dealkylation sites (tertiary alicyclic amines) is 1. The van der Waals surface area contributed by atoms with Crippen molar-refractivity contribution < 1.29 is 32.7 Å². The van der Waals surface area contributed by atoms with Gasteiger partial charge in [-0.25, -0.2) is 4.79 Å². The maximum absolute atomic E-state index is 12.9. The minimum atomic E-state index is -4.52. The Morgan fingerprint density at radius 3 is 2.14 bits per heavy atom. The Morgan fingerprint density at radius 1 is 0.931 bits per heavy atom. The lowest BCUT2D eigenvalue weighted by atomic mass is 9.88. The van der Waals surface area contributed by atoms with E-state index >= 15 is 0 Å². The SMILES string of the molecule is O=C(O)c1ccccc1C(=O)N1CCC(C(=O)c2cccc(C(F)(F)F)c2)CC1. The van der Waals surface area contributed by atoms with Gasteiger partial charge in [0.2, 0.25) is 0 Å². The summed E-state index contributed by atoms with van der Waals surface area (Å²) in [4.78, 5) is 38.1. The number of hydrogen-bond acceptors (Lipinski definition) is 3. The number of carbonyl (C=O) groups excluding carboxylic acids is 2. The van der Waals surface area contributed by atoms with Gasteiger partial charge in [0.25, 0.3) is 5.91 Å². The fourth-order valence-corrected chi connectivity index (χ4v) is 3.46. The standard InChI is InChI=1S/C21H18F3NO4/c22-21(23,24)15-5-3-4-14(12-15)18(26)13-8-10-25(11-9-13)19(27)16-6-1-2-7-17(16)20(28)29/h1-7,12-13H,8-11H2,(H,28,29). The van der Waals surface area contributed by atoms with E-state index < -0.39 is 29.5 Å². The molecule has 1 aliphatic heterocycles. The number of aromatic carboxylic acids is 1. The van der Waals surface area contributed by atoms with Crippen LogP contribution in [0.3, 0.4) is 0 Å². The summed E-state index contributed by atoms with van der Waals surface area (Å²) in [7, 11) is 0. The van der Waals surface area contributed by atoms with Gasteiger partial charge in [0.15, 0.2) is 5.78 Å². The normalized spacial score (nSPS) is 15.2. The molecule has 0 bridgehead atoms. The van der Waals surface area contributed by atoms with Crippen molar-refractivity contribution in [1.82, 2.24) is 4.90 Å². The lowest BCUT2D eigenvalue weighted by molar-refractivity contribution is -0.137. The number of Topliss-reactive ketones (excluding diaryl/α,β-unsaturated/α-hetero) is 1. The van der Waals surface area contributed by atoms with Gasteiger partial charge in [-0.05, 0) is 37.1 Å². The summed E-state index contributed by atoms with van der Waals surface area (Å²) in [6.07, 6.45) is -3.92. The number of halogens is 3. The predicted octanol–water partition coefficient (Wildman–Crippen LogP) is 4.14. The van der Waals surface area contributed by atoms with Gasteiger partial charge >= 0.3 is 12.1 Å². The first-order chi connectivity index (χ1) is 13.7. The summed E-state index contributed by atoms with van der Waals surface area (Å²) >= 11 is 0. The van der Waals surface area contributed by atoms with Crippen molar-refractivity contribution in [2.45, 2.75) is 19.0 Å². The van der Waals surface area contributed by atoms with E-state index in [-0.39, 0.29) is 35.6 Å². The highest BCUT2D eigenvalue weighted by Gasteiger charge is 2.33. The lowest BCUT2D eigenvalue weighted by Gasteiger charge is -2.31. The van der Waals surface area contributed by atoms with Crippen molar-refractivity contribution in [3.05, 3.63) is 70.8 Å². The predicted molar refractivity (Wildman–Crippen MR) is 97.8 cm³/mol. The maximum atomic E-state index is 12.9. The number of carbonyl (C=O) groups is 3. The largest absolute Gasteiger partial charge is 0.478 e. The van der Waals surface area contributed by atoms with E-state index in [2.05, 4.69) is 0 Å². The van der Waals surface area contributed by atoms with E-state index in [9.17, 15) is 32.7 Å². The molecule has 0 atom stereocenters. The summed E-state index contributed by atoms with van der Waals surface area (Å²) in [6, 6.07) is 10.2. The fraction of sp³-hybridized carbons (Fsp3) is 0.286. The highest BCUT2D eigenvalue weighted by atomic mass is 19.4. The van der Waals surface area contributed by atoms with Crippen LogP contribution < -0.4 is 0 Å². The topological polar surface area (TPSA) is 74.7 Å². The van der Waals surface area contributed by atoms with Crippen molar-refractivity contribution in [2.75, 3.05) is 13.1 Å². The zero-order valence-electron chi connectivity index (χ0n) is 15.3. The van der Waals surface area contributed by atoms with E-state index in [1.165, 1.54) is 35.2 Å². The van der Waals surface area contributed by atoms with Gasteiger partial charge < -0.3 is 10.0 Å². The van der Waals surface area contributed by atoms with Gasteiger partial charge in [-0.15, -0.1) is 0 Å². The lowest BCUT2D eigenvalue weighted by Crippen LogP contribution is -2.40. The molecule has 8 heteroatoms. The van der Waals surface area contributed by atoms with Crippen molar-refractivity contribution in [2.24, 2.45) is 5.92 Å². The first-order valence-corrected chi connectivity index (χ1v) is 9.01. The molecular weight excluding hydrogens is 387 g/mol. The smallest absolute Gasteiger partial charge is 0.416 e. The van der Waals surface area contributed by atoms with E-state index in [1.807, 2.05) is 0 Å². The molecule has 1 amide bonds. The fourth-order valence-electron chi connectivity index (χ4n) is 3.46. The zero-order valence-corrected chi connectivity index (χ0v) is 15.3. The minimum Gasteiger partial charge on any atom is -0.478 e. The number of hydrogen-bond donors (Lipinski definition) is 1. The number of rotatable bonds is 4. The Bertz CT molecular complexity index is 947. The van der Waals surface area contributed by atoms with Crippen LogP contribution in [0.15, 0.2) is 48.5 Å². The summed E-state index contributed by atoms with van der Waals surface area (Å²) in [6.45, 7) is 0.449. The van der Waals surface area contributed by atoms with Crippen LogP contribution in [0.4, 0.5) is 13.2 Å². The molecule has 152 valence electrons. The molecular formula is C21H18F3NO4. The molecule has 1 aliphatic rings. The molecule has 1 heterocycles. The number of ketones is 1. The van der Waals surface area contributed by atoms with Gasteiger partial charge in [0.1, 0.15) is 0 Å². The number of piperidine rings is 1. The molecule has 0 unspecified atom stereocenters. The molecule has 1 fully saturated rings. The number of amides is 1. The average Bonchev–Trinajstić information content (AvgIpc) is 2.72. The second-order valence-corrected chi connectivity index (χ2v) is 6.86. The van der Waals surface area contributed by atoms with Gasteiger partial charge in [-0.3, -0.25) is 9.59 Å². The molecule has 3 rings (SSSR count). The Hall–Kier alpha value is -3.16. The van der Waals surface area contributed by atoms with Crippen molar-refractivity contribution in [3.8, 4) is 0 Å². The molecule has 1 N–H and O–H groups in total. The van der Waals surface area contributed by atoms with E-state index in [0.717, 1.165) is 12.1 Å². The van der Waals surface area contributed by atoms with Crippen LogP contribution in [-0.4, -0.2) is 40.8 Å². The Morgan fingerprint density at radius 2 is 1.55 bits per heavy atom. The molecule has 0 saturated carbocycles. The summed E-state index contributed by atoms with van der Waals surface area (Å²) in [5.41, 5.74) is -0.899. The van der Waals surface area contributed by atoms with Crippen molar-refractivity contribution in [3.63, 3.8) is 0 Å². The van der Waals surface area contributed by atoms with Gasteiger partial charge in [0, 0.05) is 24.6 Å². The molecule has 1 saturated heterocycles. The quantitative estimate of drug-likeness (QED) is 0.776. The second kappa shape index (κ2) is 8.06. The number of benzene rings is 2. The number of nitrogens with zero attached hydrogens (tertiary/aromatic N) is 1. The number of carboxylic acids is 1.